The van der Waals surface area contributed by atoms with Crippen molar-refractivity contribution in [3.05, 3.63) is 0 Å². The fraction of sp³-hybridized carbons (Fsp3) is 0.714. The number of nitrogens with two attached hydrogens (primary N) is 1. The molecule has 0 fully saturated rings. The molecule has 0 aromatic heterocycles. The van der Waals surface area contributed by atoms with E-state index in [0.717, 1.165) is 4.90 Å². The van der Waals surface area contributed by atoms with Crippen molar-refractivity contribution in [1.82, 2.24) is 4.90 Å². The van der Waals surface area contributed by atoms with Crippen molar-refractivity contribution in [3.63, 3.8) is 0 Å². The Morgan fingerprint density at radius 2 is 1.23 bits per heavy atom. The fourth-order valence-corrected chi connectivity index (χ4v) is 0.977. The molecule has 0 bridgehead atoms. The van der Waals surface area contributed by atoms with E-state index in [0.29, 0.717) is 13.2 Å². The van der Waals surface area contributed by atoms with Crippen molar-refractivity contribution in [1.29, 1.82) is 5.41 Å². The summed E-state index contributed by atoms with van der Waals surface area (Å²) in [5.74, 6) is -1.63. The Labute approximate surface area is 206 Å². The van der Waals surface area contributed by atoms with Crippen LogP contribution in [0.2, 0.25) is 0 Å². The number of carboxylic acid groups (broad SMARTS) is 1. The summed E-state index contributed by atoms with van der Waals surface area (Å²) in [5.41, 5.74) is 4.93. The lowest BCUT2D eigenvalue weighted by molar-refractivity contribution is -0.149. The molecule has 1 atom stereocenters. The molecule has 0 aromatic rings. The molecule has 0 aliphatic carbocycles. The summed E-state index contributed by atoms with van der Waals surface area (Å²) in [6, 6.07) is 0. The van der Waals surface area contributed by atoms with E-state index in [9.17, 15) is 24.0 Å². The Kier molecular flexibility index (Phi) is 37.2. The Bertz CT molecular complexity index is 561. The van der Waals surface area contributed by atoms with E-state index in [-0.39, 0.29) is 55.8 Å². The Hall–Kier alpha value is -3.10. The molecule has 0 saturated carbocycles. The summed E-state index contributed by atoms with van der Waals surface area (Å²) < 4.78 is 13.7. The number of rotatable bonds is 9. The minimum atomic E-state index is -0.993. The van der Waals surface area contributed by atoms with Crippen LogP contribution in [0, 0.1) is 5.41 Å². The lowest BCUT2D eigenvalue weighted by atomic mass is 10.4. The standard InChI is InChI=1S/C6H10O4.C5H12O3.C4H9N3O2.2C3H6O/c1-5(7)9-3-4-10-6(2)8;1-5(7)4-8-3-2-6;1-7(4(5)6)2-3(8)9;2*1-3(2)4/h3-4H2,1-2H3;5-7H,2-4H2,1H3;2H2,1H3,(H3,5,6)(H,8,9);2*1-2H3. The van der Waals surface area contributed by atoms with Crippen molar-refractivity contribution in [2.24, 2.45) is 5.73 Å². The van der Waals surface area contributed by atoms with Gasteiger partial charge in [-0.3, -0.25) is 19.8 Å². The van der Waals surface area contributed by atoms with Crippen molar-refractivity contribution in [3.8, 4) is 0 Å². The van der Waals surface area contributed by atoms with Crippen LogP contribution in [0.3, 0.4) is 0 Å². The molecule has 35 heavy (non-hydrogen) atoms. The Balaban J connectivity index is -0.000000112. The molecule has 0 rings (SSSR count). The number of Topliss-reactive ketones (excluding diaryl/α,β-unsaturated/α-hetero) is 2. The number of carbonyl (C=O) groups excluding carboxylic acids is 4. The topological polar surface area (TPSA) is 227 Å². The minimum absolute atomic E-state index is 0.0206. The molecule has 1 unspecified atom stereocenters. The number of ether oxygens (including phenoxy) is 3. The number of aliphatic hydroxyl groups excluding tert-OH is 2. The highest BCUT2D eigenvalue weighted by Crippen LogP contribution is 1.80. The Morgan fingerprint density at radius 1 is 0.886 bits per heavy atom. The number of carbonyl (C=O) groups is 5. The second kappa shape index (κ2) is 30.9. The molecule has 6 N–H and O–H groups in total. The summed E-state index contributed by atoms with van der Waals surface area (Å²) in [7, 11) is 1.44. The van der Waals surface area contributed by atoms with Crippen LogP contribution >= 0.6 is 0 Å². The van der Waals surface area contributed by atoms with E-state index in [1.165, 1.54) is 48.6 Å². The first-order chi connectivity index (χ1) is 15.9. The smallest absolute Gasteiger partial charge is 0.323 e. The van der Waals surface area contributed by atoms with Gasteiger partial charge in [-0.2, -0.15) is 0 Å². The summed E-state index contributed by atoms with van der Waals surface area (Å²) in [6.45, 7) is 11.0. The number of carboxylic acids is 1. The number of nitrogens with zero attached hydrogens (tertiary/aromatic N) is 1. The van der Waals surface area contributed by atoms with Crippen molar-refractivity contribution >= 4 is 35.4 Å². The third-order valence-electron chi connectivity index (χ3n) is 2.07. The average molecular weight is 514 g/mol. The summed E-state index contributed by atoms with van der Waals surface area (Å²) in [4.78, 5) is 50.2. The maximum absolute atomic E-state index is 10.1. The third kappa shape index (κ3) is 90.4. The second-order valence-electron chi connectivity index (χ2n) is 6.78. The van der Waals surface area contributed by atoms with Crippen LogP contribution in [0.25, 0.3) is 0 Å². The number of esters is 2. The van der Waals surface area contributed by atoms with Crippen molar-refractivity contribution < 1.29 is 53.5 Å². The zero-order valence-electron chi connectivity index (χ0n) is 22.0. The van der Waals surface area contributed by atoms with E-state index in [2.05, 4.69) is 9.47 Å². The SMILES string of the molecule is CC(=O)OCCOC(C)=O.CC(C)=O.CC(C)=O.CC(O)COCCO.CN(CC(=O)O)C(=N)N. The number of ketones is 2. The van der Waals surface area contributed by atoms with Gasteiger partial charge in [-0.25, -0.2) is 0 Å². The first-order valence-electron chi connectivity index (χ1n) is 10.2. The van der Waals surface area contributed by atoms with E-state index < -0.39 is 12.1 Å². The van der Waals surface area contributed by atoms with Gasteiger partial charge < -0.3 is 49.8 Å². The van der Waals surface area contributed by atoms with Crippen LogP contribution in [0.1, 0.15) is 48.5 Å². The Morgan fingerprint density at radius 3 is 1.40 bits per heavy atom. The fourth-order valence-electron chi connectivity index (χ4n) is 0.977. The lowest BCUT2D eigenvalue weighted by Gasteiger charge is -2.12. The van der Waals surface area contributed by atoms with Crippen LogP contribution in [-0.4, -0.2) is 108 Å². The molecule has 0 aliphatic heterocycles. The van der Waals surface area contributed by atoms with Crippen molar-refractivity contribution in [2.45, 2.75) is 54.6 Å². The van der Waals surface area contributed by atoms with Crippen LogP contribution < -0.4 is 5.73 Å². The molecule has 0 amide bonds. The van der Waals surface area contributed by atoms with E-state index in [4.69, 9.17) is 31.2 Å². The monoisotopic (exact) mass is 513 g/mol. The van der Waals surface area contributed by atoms with Crippen LogP contribution in [0.15, 0.2) is 0 Å². The predicted molar refractivity (Wildman–Crippen MR) is 128 cm³/mol. The lowest BCUT2D eigenvalue weighted by Crippen LogP contribution is -2.36. The number of aliphatic hydroxyl groups is 2. The van der Waals surface area contributed by atoms with Crippen molar-refractivity contribution in [2.75, 3.05) is 46.6 Å². The number of guanidine groups is 1. The molecular formula is C21H43N3O11. The highest BCUT2D eigenvalue weighted by molar-refractivity contribution is 5.80. The molecule has 208 valence electrons. The molecule has 0 radical (unpaired) electrons. The van der Waals surface area contributed by atoms with Gasteiger partial charge in [-0.15, -0.1) is 0 Å². The summed E-state index contributed by atoms with van der Waals surface area (Å²) in [6.07, 6.45) is -0.429. The minimum Gasteiger partial charge on any atom is -0.480 e. The molecule has 0 spiro atoms. The first-order valence-corrected chi connectivity index (χ1v) is 10.2. The van der Waals surface area contributed by atoms with Gasteiger partial charge in [0.2, 0.25) is 0 Å². The summed E-state index contributed by atoms with van der Waals surface area (Å²) >= 11 is 0. The van der Waals surface area contributed by atoms with E-state index in [1.54, 1.807) is 6.92 Å². The number of hydrogen-bond donors (Lipinski definition) is 5. The number of nitrogens with one attached hydrogen (secondary N) is 1. The molecule has 0 aromatic carbocycles. The number of likely N-dealkylation sites (N-methyl/N-ethyl adjacent to an activating group) is 1. The summed E-state index contributed by atoms with van der Waals surface area (Å²) in [5, 5.41) is 31.6. The van der Waals surface area contributed by atoms with Gasteiger partial charge in [0.15, 0.2) is 5.96 Å². The van der Waals surface area contributed by atoms with Crippen LogP contribution in [0.5, 0.6) is 0 Å². The number of aliphatic carboxylic acids is 1. The highest BCUT2D eigenvalue weighted by atomic mass is 16.6. The third-order valence-corrected chi connectivity index (χ3v) is 2.07. The van der Waals surface area contributed by atoms with Crippen LogP contribution in [0.4, 0.5) is 0 Å². The van der Waals surface area contributed by atoms with Gasteiger partial charge >= 0.3 is 17.9 Å². The molecule has 0 saturated heterocycles. The highest BCUT2D eigenvalue weighted by Gasteiger charge is 2.03. The first kappa shape index (κ1) is 42.1. The largest absolute Gasteiger partial charge is 0.480 e. The van der Waals surface area contributed by atoms with E-state index in [1.807, 2.05) is 0 Å². The van der Waals surface area contributed by atoms with E-state index >= 15 is 0 Å². The normalized spacial score (nSPS) is 9.31. The van der Waals surface area contributed by atoms with Crippen LogP contribution in [-0.2, 0) is 38.2 Å². The predicted octanol–water partition coefficient (Wildman–Crippen LogP) is -0.424. The molecule has 0 heterocycles. The average Bonchev–Trinajstić information content (AvgIpc) is 2.64. The quantitative estimate of drug-likeness (QED) is 0.114. The maximum atomic E-state index is 10.1. The molecule has 0 aliphatic rings. The zero-order chi connectivity index (χ0) is 29.0. The zero-order valence-corrected chi connectivity index (χ0v) is 22.0. The van der Waals surface area contributed by atoms with Gasteiger partial charge in [0.25, 0.3) is 0 Å². The van der Waals surface area contributed by atoms with Gasteiger partial charge in [-0.05, 0) is 34.6 Å². The molecule has 14 heteroatoms. The molecule has 14 nitrogen and oxygen atoms in total. The number of hydrogen-bond acceptors (Lipinski definition) is 11. The maximum Gasteiger partial charge on any atom is 0.323 e. The van der Waals surface area contributed by atoms with Gasteiger partial charge in [0, 0.05) is 20.9 Å². The molecular weight excluding hydrogens is 470 g/mol. The van der Waals surface area contributed by atoms with Gasteiger partial charge in [0.1, 0.15) is 31.3 Å². The second-order valence-corrected chi connectivity index (χ2v) is 6.78. The van der Waals surface area contributed by atoms with Gasteiger partial charge in [0.05, 0.1) is 25.9 Å². The van der Waals surface area contributed by atoms with Gasteiger partial charge in [-0.1, -0.05) is 0 Å².